The lowest BCUT2D eigenvalue weighted by molar-refractivity contribution is -0.136. The Morgan fingerprint density at radius 1 is 1.35 bits per heavy atom. The topological polar surface area (TPSA) is 82.5 Å². The molecule has 1 aromatic carbocycles. The number of rotatable bonds is 4. The number of aromatic hydroxyl groups is 1. The first-order valence-corrected chi connectivity index (χ1v) is 5.74. The van der Waals surface area contributed by atoms with Crippen molar-refractivity contribution in [3.63, 3.8) is 0 Å². The molecule has 2 aromatic rings. The van der Waals surface area contributed by atoms with Crippen molar-refractivity contribution in [2.45, 2.75) is 6.42 Å². The van der Waals surface area contributed by atoms with Crippen LogP contribution in [-0.2, 0) is 11.2 Å². The third kappa shape index (κ3) is 3.18. The number of nitrogens with one attached hydrogen (secondary N) is 1. The van der Waals surface area contributed by atoms with Gasteiger partial charge in [-0.05, 0) is 24.3 Å². The molecule has 1 heterocycles. The van der Waals surface area contributed by atoms with Crippen LogP contribution in [0.3, 0.4) is 0 Å². The van der Waals surface area contributed by atoms with Crippen LogP contribution in [0.1, 0.15) is 5.69 Å². The Morgan fingerprint density at radius 3 is 2.71 bits per heavy atom. The molecule has 0 spiro atoms. The summed E-state index contributed by atoms with van der Waals surface area (Å²) in [5.74, 6) is -0.701. The normalized spacial score (nSPS) is 10.1. The molecule has 88 valence electrons. The van der Waals surface area contributed by atoms with Crippen molar-refractivity contribution >= 4 is 28.1 Å². The fourth-order valence-electron chi connectivity index (χ4n) is 1.27. The van der Waals surface area contributed by atoms with Gasteiger partial charge in [0.15, 0.2) is 5.13 Å². The van der Waals surface area contributed by atoms with E-state index in [0.717, 1.165) is 5.69 Å². The summed E-state index contributed by atoms with van der Waals surface area (Å²) in [6, 6.07) is 6.56. The fraction of sp³-hybridized carbons (Fsp3) is 0.0909. The molecule has 0 fully saturated rings. The highest BCUT2D eigenvalue weighted by molar-refractivity contribution is 7.13. The highest BCUT2D eigenvalue weighted by Gasteiger charge is 2.06. The quantitative estimate of drug-likeness (QED) is 0.725. The van der Waals surface area contributed by atoms with E-state index in [1.165, 1.54) is 11.3 Å². The van der Waals surface area contributed by atoms with Gasteiger partial charge in [-0.2, -0.15) is 0 Å². The minimum Gasteiger partial charge on any atom is -0.508 e. The van der Waals surface area contributed by atoms with Crippen molar-refractivity contribution in [3.8, 4) is 5.75 Å². The van der Waals surface area contributed by atoms with Crippen LogP contribution in [0, 0.1) is 0 Å². The van der Waals surface area contributed by atoms with Crippen molar-refractivity contribution in [1.29, 1.82) is 0 Å². The molecule has 0 saturated carbocycles. The zero-order valence-corrected chi connectivity index (χ0v) is 9.57. The van der Waals surface area contributed by atoms with E-state index in [1.54, 1.807) is 29.6 Å². The number of carboxylic acids is 1. The van der Waals surface area contributed by atoms with Crippen LogP contribution in [0.5, 0.6) is 5.75 Å². The maximum Gasteiger partial charge on any atom is 0.309 e. The van der Waals surface area contributed by atoms with Gasteiger partial charge in [0.1, 0.15) is 5.75 Å². The molecule has 6 heteroatoms. The zero-order chi connectivity index (χ0) is 12.3. The summed E-state index contributed by atoms with van der Waals surface area (Å²) in [6.07, 6.45) is -0.0756. The van der Waals surface area contributed by atoms with Gasteiger partial charge in [0.25, 0.3) is 0 Å². The Kier molecular flexibility index (Phi) is 3.24. The Morgan fingerprint density at radius 2 is 2.06 bits per heavy atom. The van der Waals surface area contributed by atoms with Crippen molar-refractivity contribution in [3.05, 3.63) is 35.3 Å². The van der Waals surface area contributed by atoms with Crippen LogP contribution in [0.25, 0.3) is 0 Å². The minimum absolute atomic E-state index is 0.0756. The number of carbonyl (C=O) groups is 1. The van der Waals surface area contributed by atoms with Crippen LogP contribution < -0.4 is 5.32 Å². The van der Waals surface area contributed by atoms with Gasteiger partial charge in [-0.25, -0.2) is 4.98 Å². The largest absolute Gasteiger partial charge is 0.508 e. The summed E-state index contributed by atoms with van der Waals surface area (Å²) in [4.78, 5) is 14.6. The molecule has 3 N–H and O–H groups in total. The van der Waals surface area contributed by atoms with Crippen LogP contribution in [0.4, 0.5) is 10.8 Å². The summed E-state index contributed by atoms with van der Waals surface area (Å²) in [6.45, 7) is 0. The molecular formula is C11H10N2O3S. The lowest BCUT2D eigenvalue weighted by atomic mass is 10.3. The Balaban J connectivity index is 2.06. The van der Waals surface area contributed by atoms with E-state index < -0.39 is 5.97 Å². The van der Waals surface area contributed by atoms with Crippen molar-refractivity contribution in [2.75, 3.05) is 5.32 Å². The number of phenols is 1. The first-order chi connectivity index (χ1) is 8.13. The summed E-state index contributed by atoms with van der Waals surface area (Å²) in [7, 11) is 0. The van der Waals surface area contributed by atoms with Gasteiger partial charge in [-0.15, -0.1) is 11.3 Å². The SMILES string of the molecule is O=C(O)Cc1csc(Nc2ccc(O)cc2)n1. The summed E-state index contributed by atoms with van der Waals surface area (Å²) < 4.78 is 0. The lowest BCUT2D eigenvalue weighted by Gasteiger charge is -2.01. The molecule has 0 atom stereocenters. The van der Waals surface area contributed by atoms with E-state index in [2.05, 4.69) is 10.3 Å². The highest BCUT2D eigenvalue weighted by atomic mass is 32.1. The average molecular weight is 250 g/mol. The van der Waals surface area contributed by atoms with E-state index in [0.29, 0.717) is 10.8 Å². The van der Waals surface area contributed by atoms with Gasteiger partial charge in [-0.1, -0.05) is 0 Å². The molecule has 5 nitrogen and oxygen atoms in total. The molecule has 0 amide bonds. The number of nitrogens with zero attached hydrogens (tertiary/aromatic N) is 1. The highest BCUT2D eigenvalue weighted by Crippen LogP contribution is 2.22. The molecule has 0 aliphatic rings. The zero-order valence-electron chi connectivity index (χ0n) is 8.75. The van der Waals surface area contributed by atoms with E-state index in [4.69, 9.17) is 10.2 Å². The Labute approximate surface area is 101 Å². The summed E-state index contributed by atoms with van der Waals surface area (Å²) in [5, 5.41) is 23.1. The first-order valence-electron chi connectivity index (χ1n) is 4.86. The number of phenolic OH excluding ortho intramolecular Hbond substituents is 1. The molecule has 0 radical (unpaired) electrons. The lowest BCUT2D eigenvalue weighted by Crippen LogP contribution is -2.00. The van der Waals surface area contributed by atoms with Gasteiger partial charge in [-0.3, -0.25) is 4.79 Å². The van der Waals surface area contributed by atoms with Gasteiger partial charge in [0.2, 0.25) is 0 Å². The molecule has 0 bridgehead atoms. The Hall–Kier alpha value is -2.08. The third-order valence-corrected chi connectivity index (χ3v) is 2.81. The number of aliphatic carboxylic acids is 1. The van der Waals surface area contributed by atoms with Gasteiger partial charge in [0.05, 0.1) is 12.1 Å². The number of aromatic nitrogens is 1. The van der Waals surface area contributed by atoms with Crippen LogP contribution in [0.2, 0.25) is 0 Å². The van der Waals surface area contributed by atoms with E-state index in [9.17, 15) is 4.79 Å². The van der Waals surface area contributed by atoms with Crippen LogP contribution in [-0.4, -0.2) is 21.2 Å². The van der Waals surface area contributed by atoms with Gasteiger partial charge < -0.3 is 15.5 Å². The molecule has 1 aromatic heterocycles. The second-order valence-corrected chi connectivity index (χ2v) is 4.24. The molecular weight excluding hydrogens is 240 g/mol. The number of benzene rings is 1. The maximum absolute atomic E-state index is 10.5. The Bertz CT molecular complexity index is 522. The maximum atomic E-state index is 10.5. The number of thiazole rings is 1. The van der Waals surface area contributed by atoms with Crippen molar-refractivity contribution < 1.29 is 15.0 Å². The van der Waals surface area contributed by atoms with E-state index in [1.807, 2.05) is 0 Å². The summed E-state index contributed by atoms with van der Waals surface area (Å²) in [5.41, 5.74) is 1.32. The number of hydrogen-bond acceptors (Lipinski definition) is 5. The molecule has 0 aliphatic heterocycles. The number of hydrogen-bond donors (Lipinski definition) is 3. The van der Waals surface area contributed by atoms with Gasteiger partial charge >= 0.3 is 5.97 Å². The average Bonchev–Trinajstić information content (AvgIpc) is 2.68. The monoisotopic (exact) mass is 250 g/mol. The van der Waals surface area contributed by atoms with E-state index in [-0.39, 0.29) is 12.2 Å². The van der Waals surface area contributed by atoms with E-state index >= 15 is 0 Å². The minimum atomic E-state index is -0.897. The smallest absolute Gasteiger partial charge is 0.309 e. The first kappa shape index (κ1) is 11.4. The molecule has 0 saturated heterocycles. The second-order valence-electron chi connectivity index (χ2n) is 3.39. The van der Waals surface area contributed by atoms with Crippen LogP contribution >= 0.6 is 11.3 Å². The number of carboxylic acid groups (broad SMARTS) is 1. The fourth-order valence-corrected chi connectivity index (χ4v) is 2.00. The van der Waals surface area contributed by atoms with Gasteiger partial charge in [0, 0.05) is 11.1 Å². The molecule has 2 rings (SSSR count). The summed E-state index contributed by atoms with van der Waals surface area (Å²) >= 11 is 1.34. The predicted molar refractivity (Wildman–Crippen MR) is 64.8 cm³/mol. The third-order valence-electron chi connectivity index (χ3n) is 2.00. The van der Waals surface area contributed by atoms with Crippen LogP contribution in [0.15, 0.2) is 29.6 Å². The van der Waals surface area contributed by atoms with Crippen molar-refractivity contribution in [2.24, 2.45) is 0 Å². The predicted octanol–water partition coefficient (Wildman–Crippen LogP) is 2.22. The number of anilines is 2. The molecule has 17 heavy (non-hydrogen) atoms. The standard InChI is InChI=1S/C11H10N2O3S/c14-9-3-1-7(2-4-9)12-11-13-8(6-17-11)5-10(15)16/h1-4,6,14H,5H2,(H,12,13)(H,15,16). The molecule has 0 aliphatic carbocycles. The second kappa shape index (κ2) is 4.84. The van der Waals surface area contributed by atoms with Crippen molar-refractivity contribution in [1.82, 2.24) is 4.98 Å². The molecule has 0 unspecified atom stereocenters.